The van der Waals surface area contributed by atoms with Gasteiger partial charge in [0.15, 0.2) is 0 Å². The van der Waals surface area contributed by atoms with Gasteiger partial charge in [0.2, 0.25) is 0 Å². The fourth-order valence-electron chi connectivity index (χ4n) is 2.41. The van der Waals surface area contributed by atoms with Crippen LogP contribution in [0.1, 0.15) is 39.5 Å². The van der Waals surface area contributed by atoms with Crippen molar-refractivity contribution < 1.29 is 9.47 Å². The molecule has 0 aromatic carbocycles. The van der Waals surface area contributed by atoms with Crippen molar-refractivity contribution in [2.24, 2.45) is 11.1 Å². The molecule has 90 valence electrons. The van der Waals surface area contributed by atoms with E-state index < -0.39 is 0 Å². The summed E-state index contributed by atoms with van der Waals surface area (Å²) in [6, 6.07) is -0.0106. The Hall–Kier alpha value is -0.120. The minimum Gasteiger partial charge on any atom is -0.383 e. The molecule has 2 N–H and O–H groups in total. The maximum atomic E-state index is 6.14. The fraction of sp³-hybridized carbons (Fsp3) is 1.00. The van der Waals surface area contributed by atoms with E-state index in [-0.39, 0.29) is 11.6 Å². The summed E-state index contributed by atoms with van der Waals surface area (Å²) in [5.41, 5.74) is 6.42. The van der Waals surface area contributed by atoms with Crippen LogP contribution in [0.4, 0.5) is 0 Å². The number of hydrogen-bond donors (Lipinski definition) is 1. The lowest BCUT2D eigenvalue weighted by Crippen LogP contribution is -2.54. The van der Waals surface area contributed by atoms with E-state index >= 15 is 0 Å². The van der Waals surface area contributed by atoms with Crippen LogP contribution in [0, 0.1) is 5.41 Å². The number of ether oxygens (including phenoxy) is 2. The van der Waals surface area contributed by atoms with E-state index in [2.05, 4.69) is 13.8 Å². The highest BCUT2D eigenvalue weighted by Gasteiger charge is 2.42. The van der Waals surface area contributed by atoms with Crippen LogP contribution >= 0.6 is 0 Å². The molecule has 0 aromatic rings. The van der Waals surface area contributed by atoms with Crippen LogP contribution in [0.15, 0.2) is 0 Å². The highest BCUT2D eigenvalue weighted by Crippen LogP contribution is 2.42. The van der Waals surface area contributed by atoms with Crippen molar-refractivity contribution in [2.45, 2.75) is 51.2 Å². The Morgan fingerprint density at radius 1 is 1.13 bits per heavy atom. The molecule has 1 saturated carbocycles. The molecule has 0 spiro atoms. The summed E-state index contributed by atoms with van der Waals surface area (Å²) in [4.78, 5) is 0. The largest absolute Gasteiger partial charge is 0.383 e. The number of methoxy groups -OCH3 is 2. The van der Waals surface area contributed by atoms with Gasteiger partial charge in [0.25, 0.3) is 0 Å². The Kier molecular flexibility index (Phi) is 4.15. The third-order valence-corrected chi connectivity index (χ3v) is 3.88. The van der Waals surface area contributed by atoms with Gasteiger partial charge in [-0.15, -0.1) is 0 Å². The predicted molar refractivity (Wildman–Crippen MR) is 61.8 cm³/mol. The monoisotopic (exact) mass is 215 g/mol. The maximum Gasteiger partial charge on any atom is 0.0851 e. The first-order valence-corrected chi connectivity index (χ1v) is 5.75. The highest BCUT2D eigenvalue weighted by molar-refractivity contribution is 4.97. The van der Waals surface area contributed by atoms with Crippen LogP contribution < -0.4 is 5.73 Å². The first-order valence-electron chi connectivity index (χ1n) is 5.75. The van der Waals surface area contributed by atoms with Gasteiger partial charge in [0, 0.05) is 14.2 Å². The Morgan fingerprint density at radius 2 is 1.67 bits per heavy atom. The molecule has 1 fully saturated rings. The van der Waals surface area contributed by atoms with E-state index in [4.69, 9.17) is 15.2 Å². The highest BCUT2D eigenvalue weighted by atomic mass is 16.5. The van der Waals surface area contributed by atoms with Gasteiger partial charge in [-0.05, 0) is 31.1 Å². The van der Waals surface area contributed by atoms with Gasteiger partial charge in [-0.1, -0.05) is 13.8 Å². The molecule has 0 aliphatic heterocycles. The zero-order valence-corrected chi connectivity index (χ0v) is 10.5. The zero-order chi connectivity index (χ0) is 11.5. The molecule has 1 unspecified atom stereocenters. The molecule has 3 nitrogen and oxygen atoms in total. The Labute approximate surface area is 93.3 Å². The average Bonchev–Trinajstić information content (AvgIpc) is 2.19. The van der Waals surface area contributed by atoms with E-state index in [0.29, 0.717) is 12.0 Å². The molecule has 15 heavy (non-hydrogen) atoms. The van der Waals surface area contributed by atoms with Crippen molar-refractivity contribution in [3.05, 3.63) is 0 Å². The molecular weight excluding hydrogens is 190 g/mol. The van der Waals surface area contributed by atoms with Crippen LogP contribution in [0.2, 0.25) is 0 Å². The lowest BCUT2D eigenvalue weighted by atomic mass is 9.68. The van der Waals surface area contributed by atoms with E-state index in [0.717, 1.165) is 12.8 Å². The van der Waals surface area contributed by atoms with Crippen molar-refractivity contribution >= 4 is 0 Å². The second-order valence-corrected chi connectivity index (χ2v) is 5.49. The first-order chi connectivity index (χ1) is 6.96. The number of nitrogens with two attached hydrogens (primary N) is 1. The van der Waals surface area contributed by atoms with E-state index in [1.807, 2.05) is 0 Å². The van der Waals surface area contributed by atoms with Crippen LogP contribution in [-0.2, 0) is 9.47 Å². The van der Waals surface area contributed by atoms with Crippen LogP contribution in [0.25, 0.3) is 0 Å². The number of hydrogen-bond acceptors (Lipinski definition) is 3. The maximum absolute atomic E-state index is 6.14. The number of rotatable bonds is 4. The Morgan fingerprint density at radius 3 is 2.07 bits per heavy atom. The summed E-state index contributed by atoms with van der Waals surface area (Å²) in [6.45, 7) is 5.21. The van der Waals surface area contributed by atoms with Crippen LogP contribution in [-0.4, -0.2) is 32.5 Å². The third-order valence-electron chi connectivity index (χ3n) is 3.88. The smallest absolute Gasteiger partial charge is 0.0851 e. The summed E-state index contributed by atoms with van der Waals surface area (Å²) in [5.74, 6) is 0. The predicted octanol–water partition coefficient (Wildman–Crippen LogP) is 1.95. The van der Waals surface area contributed by atoms with Crippen molar-refractivity contribution in [3.63, 3.8) is 0 Å². The molecule has 1 aliphatic carbocycles. The zero-order valence-electron chi connectivity index (χ0n) is 10.5. The minimum atomic E-state index is -0.161. The van der Waals surface area contributed by atoms with Gasteiger partial charge in [0.1, 0.15) is 0 Å². The lowest BCUT2D eigenvalue weighted by Gasteiger charge is -2.45. The molecule has 0 saturated heterocycles. The standard InChI is InChI=1S/C12H25NO2/c1-11(2)5-7-12(15-4,8-6-11)10(13)9-14-3/h10H,5-9,13H2,1-4H3. The van der Waals surface area contributed by atoms with Crippen molar-refractivity contribution in [2.75, 3.05) is 20.8 Å². The second-order valence-electron chi connectivity index (χ2n) is 5.49. The summed E-state index contributed by atoms with van der Waals surface area (Å²) in [5, 5.41) is 0. The molecule has 3 heteroatoms. The van der Waals surface area contributed by atoms with Gasteiger partial charge in [0.05, 0.1) is 18.2 Å². The van der Waals surface area contributed by atoms with Gasteiger partial charge < -0.3 is 15.2 Å². The van der Waals surface area contributed by atoms with Crippen LogP contribution in [0.5, 0.6) is 0 Å². The summed E-state index contributed by atoms with van der Waals surface area (Å²) in [6.07, 6.45) is 4.44. The normalized spacial score (nSPS) is 26.2. The lowest BCUT2D eigenvalue weighted by molar-refractivity contribution is -0.0900. The van der Waals surface area contributed by atoms with Crippen LogP contribution in [0.3, 0.4) is 0 Å². The molecule has 0 radical (unpaired) electrons. The molecule has 0 aromatic heterocycles. The molecule has 1 rings (SSSR count). The fourth-order valence-corrected chi connectivity index (χ4v) is 2.41. The molecule has 1 atom stereocenters. The topological polar surface area (TPSA) is 44.5 Å². The van der Waals surface area contributed by atoms with E-state index in [9.17, 15) is 0 Å². The van der Waals surface area contributed by atoms with Gasteiger partial charge in [-0.3, -0.25) is 0 Å². The first kappa shape index (κ1) is 12.9. The van der Waals surface area contributed by atoms with Crippen molar-refractivity contribution in [1.82, 2.24) is 0 Å². The van der Waals surface area contributed by atoms with Gasteiger partial charge >= 0.3 is 0 Å². The average molecular weight is 215 g/mol. The molecule has 0 bridgehead atoms. The minimum absolute atomic E-state index is 0.0106. The van der Waals surface area contributed by atoms with Gasteiger partial charge in [-0.25, -0.2) is 0 Å². The van der Waals surface area contributed by atoms with E-state index in [1.54, 1.807) is 14.2 Å². The summed E-state index contributed by atoms with van der Waals surface area (Å²) < 4.78 is 10.8. The third kappa shape index (κ3) is 2.92. The molecule has 0 heterocycles. The Balaban J connectivity index is 2.63. The van der Waals surface area contributed by atoms with E-state index in [1.165, 1.54) is 12.8 Å². The molecule has 0 amide bonds. The molecule has 1 aliphatic rings. The molecular formula is C12H25NO2. The second kappa shape index (κ2) is 4.81. The van der Waals surface area contributed by atoms with Crippen molar-refractivity contribution in [1.29, 1.82) is 0 Å². The van der Waals surface area contributed by atoms with Gasteiger partial charge in [-0.2, -0.15) is 0 Å². The summed E-state index contributed by atoms with van der Waals surface area (Å²) in [7, 11) is 3.46. The SMILES string of the molecule is COCC(N)C1(OC)CCC(C)(C)CC1. The Bertz CT molecular complexity index is 194. The van der Waals surface area contributed by atoms with Crippen molar-refractivity contribution in [3.8, 4) is 0 Å². The quantitative estimate of drug-likeness (QED) is 0.779. The summed E-state index contributed by atoms with van der Waals surface area (Å²) >= 11 is 0.